The van der Waals surface area contributed by atoms with Gasteiger partial charge in [-0.15, -0.1) is 0 Å². The van der Waals surface area contributed by atoms with Crippen LogP contribution in [0.15, 0.2) is 0 Å². The fraction of sp³-hybridized carbons (Fsp3) is 0.875. The quantitative estimate of drug-likeness (QED) is 0.314. The standard InChI is InChI=1S/C16H40N2O2Si4/c1-23(2)13-21-11-5-9-17-15(19)7-8-16(20)18-10-6-12-22-14-24(3)4/h23-24H,5-14,21-22H2,1-4H3,(H,17,19)(H,18,20). The Morgan fingerprint density at radius 1 is 0.750 bits per heavy atom. The summed E-state index contributed by atoms with van der Waals surface area (Å²) in [5.74, 6) is 0.0544. The van der Waals surface area contributed by atoms with Gasteiger partial charge in [-0.3, -0.25) is 9.59 Å². The van der Waals surface area contributed by atoms with Crippen molar-refractivity contribution >= 4 is 48.4 Å². The van der Waals surface area contributed by atoms with Crippen molar-refractivity contribution in [1.82, 2.24) is 10.6 Å². The van der Waals surface area contributed by atoms with Crippen LogP contribution in [0.3, 0.4) is 0 Å². The van der Waals surface area contributed by atoms with Gasteiger partial charge in [0.15, 0.2) is 0 Å². The van der Waals surface area contributed by atoms with Gasteiger partial charge in [0.2, 0.25) is 11.8 Å². The lowest BCUT2D eigenvalue weighted by Gasteiger charge is -2.07. The Hall–Kier alpha value is -0.192. The minimum Gasteiger partial charge on any atom is -0.356 e. The minimum atomic E-state index is -0.352. The third-order valence-electron chi connectivity index (χ3n) is 4.14. The molecule has 0 aromatic carbocycles. The van der Waals surface area contributed by atoms with Crippen molar-refractivity contribution in [3.63, 3.8) is 0 Å². The van der Waals surface area contributed by atoms with Gasteiger partial charge >= 0.3 is 0 Å². The normalized spacial score (nSPS) is 12.1. The van der Waals surface area contributed by atoms with Gasteiger partial charge in [0.05, 0.1) is 0 Å². The summed E-state index contributed by atoms with van der Waals surface area (Å²) in [5, 5.41) is 5.89. The van der Waals surface area contributed by atoms with E-state index in [2.05, 4.69) is 36.8 Å². The molecule has 24 heavy (non-hydrogen) atoms. The van der Waals surface area contributed by atoms with Crippen LogP contribution < -0.4 is 10.6 Å². The van der Waals surface area contributed by atoms with Crippen molar-refractivity contribution in [2.24, 2.45) is 0 Å². The molecule has 0 saturated carbocycles. The first-order chi connectivity index (χ1) is 11.4. The number of rotatable bonds is 15. The van der Waals surface area contributed by atoms with Gasteiger partial charge in [-0.1, -0.05) is 49.6 Å². The van der Waals surface area contributed by atoms with Gasteiger partial charge in [0, 0.05) is 62.6 Å². The molecule has 2 N–H and O–H groups in total. The molecule has 0 fully saturated rings. The van der Waals surface area contributed by atoms with Crippen LogP contribution >= 0.6 is 0 Å². The number of carbonyl (C=O) groups is 2. The van der Waals surface area contributed by atoms with Crippen LogP contribution in [0.25, 0.3) is 0 Å². The molecule has 0 aromatic heterocycles. The van der Waals surface area contributed by atoms with Gasteiger partial charge in [-0.05, 0) is 12.8 Å². The lowest BCUT2D eigenvalue weighted by molar-refractivity contribution is -0.126. The SMILES string of the molecule is C[SiH](C)C[SiH2]CCCNC(=O)CCC(=O)NCCC[SiH2]C[SiH](C)C. The summed E-state index contributed by atoms with van der Waals surface area (Å²) >= 11 is 0. The summed E-state index contributed by atoms with van der Waals surface area (Å²) in [7, 11) is -0.454. The molecule has 0 radical (unpaired) electrons. The molecule has 0 aromatic rings. The molecule has 2 amide bonds. The Kier molecular flexibility index (Phi) is 16.2. The van der Waals surface area contributed by atoms with Crippen LogP contribution in [-0.4, -0.2) is 61.5 Å². The van der Waals surface area contributed by atoms with Crippen molar-refractivity contribution in [3.05, 3.63) is 0 Å². The maximum Gasteiger partial charge on any atom is 0.220 e. The maximum absolute atomic E-state index is 11.7. The van der Waals surface area contributed by atoms with E-state index >= 15 is 0 Å². The lowest BCUT2D eigenvalue weighted by Crippen LogP contribution is -2.29. The van der Waals surface area contributed by atoms with Gasteiger partial charge < -0.3 is 10.6 Å². The number of hydrogen-bond donors (Lipinski definition) is 2. The first-order valence-corrected chi connectivity index (χ1v) is 20.2. The average Bonchev–Trinajstić information content (AvgIpc) is 2.51. The molecule has 0 unspecified atom stereocenters. The second-order valence-corrected chi connectivity index (χ2v) is 20.7. The molecular formula is C16H40N2O2Si4. The summed E-state index contributed by atoms with van der Waals surface area (Å²) in [6, 6.07) is 2.68. The fourth-order valence-corrected chi connectivity index (χ4v) is 12.6. The predicted molar refractivity (Wildman–Crippen MR) is 119 cm³/mol. The zero-order valence-corrected chi connectivity index (χ0v) is 21.6. The minimum absolute atomic E-state index is 0.0272. The van der Waals surface area contributed by atoms with E-state index in [9.17, 15) is 9.59 Å². The van der Waals surface area contributed by atoms with E-state index in [1.165, 1.54) is 23.4 Å². The Morgan fingerprint density at radius 2 is 1.12 bits per heavy atom. The van der Waals surface area contributed by atoms with Crippen molar-refractivity contribution < 1.29 is 9.59 Å². The van der Waals surface area contributed by atoms with Crippen molar-refractivity contribution in [3.8, 4) is 0 Å². The topological polar surface area (TPSA) is 58.2 Å². The monoisotopic (exact) mass is 404 g/mol. The maximum atomic E-state index is 11.7. The molecule has 142 valence electrons. The second-order valence-electron chi connectivity index (χ2n) is 7.69. The molecule has 4 nitrogen and oxygen atoms in total. The van der Waals surface area contributed by atoms with Gasteiger partial charge in [-0.25, -0.2) is 0 Å². The van der Waals surface area contributed by atoms with E-state index in [1.54, 1.807) is 0 Å². The summed E-state index contributed by atoms with van der Waals surface area (Å²) in [6.07, 6.45) is 2.90. The smallest absolute Gasteiger partial charge is 0.220 e. The second kappa shape index (κ2) is 16.3. The van der Waals surface area contributed by atoms with Crippen molar-refractivity contribution in [1.29, 1.82) is 0 Å². The third-order valence-corrected chi connectivity index (χ3v) is 18.6. The lowest BCUT2D eigenvalue weighted by atomic mass is 10.2. The van der Waals surface area contributed by atoms with Crippen molar-refractivity contribution in [2.45, 2.75) is 75.3 Å². The zero-order valence-electron chi connectivity index (χ0n) is 16.5. The van der Waals surface area contributed by atoms with Gasteiger partial charge in [0.25, 0.3) is 0 Å². The van der Waals surface area contributed by atoms with E-state index in [4.69, 9.17) is 0 Å². The van der Waals surface area contributed by atoms with E-state index in [1.807, 2.05) is 0 Å². The Balaban J connectivity index is 3.40. The Morgan fingerprint density at radius 3 is 1.46 bits per heavy atom. The van der Waals surface area contributed by atoms with Crippen molar-refractivity contribution in [2.75, 3.05) is 13.1 Å². The van der Waals surface area contributed by atoms with Crippen LogP contribution in [0.2, 0.25) is 49.6 Å². The van der Waals surface area contributed by atoms with Gasteiger partial charge in [-0.2, -0.15) is 0 Å². The highest BCUT2D eigenvalue weighted by Gasteiger charge is 2.06. The summed E-state index contributed by atoms with van der Waals surface area (Å²) < 4.78 is 0. The molecule has 0 aliphatic rings. The number of nitrogens with one attached hydrogen (secondary N) is 2. The van der Waals surface area contributed by atoms with E-state index in [0.717, 1.165) is 25.9 Å². The highest BCUT2D eigenvalue weighted by Crippen LogP contribution is 1.97. The zero-order chi connectivity index (χ0) is 18.2. The summed E-state index contributed by atoms with van der Waals surface area (Å²) in [6.45, 7) is 11.2. The van der Waals surface area contributed by atoms with Crippen LogP contribution in [0.5, 0.6) is 0 Å². The molecule has 0 aliphatic carbocycles. The Bertz CT molecular complexity index is 310. The van der Waals surface area contributed by atoms with Crippen LogP contribution in [-0.2, 0) is 9.59 Å². The molecule has 0 spiro atoms. The predicted octanol–water partition coefficient (Wildman–Crippen LogP) is 0.842. The molecule has 0 rings (SSSR count). The van der Waals surface area contributed by atoms with Crippen LogP contribution in [0.4, 0.5) is 0 Å². The molecule has 0 atom stereocenters. The van der Waals surface area contributed by atoms with E-state index in [0.29, 0.717) is 12.8 Å². The molecule has 0 aliphatic heterocycles. The molecule has 0 bridgehead atoms. The molecule has 0 heterocycles. The summed E-state index contributed by atoms with van der Waals surface area (Å²) in [4.78, 5) is 23.4. The molecule has 0 saturated heterocycles. The van der Waals surface area contributed by atoms with E-state index in [-0.39, 0.29) is 48.4 Å². The fourth-order valence-electron chi connectivity index (χ4n) is 2.57. The molecular weight excluding hydrogens is 365 g/mol. The Labute approximate surface area is 157 Å². The van der Waals surface area contributed by atoms with Crippen LogP contribution in [0.1, 0.15) is 25.7 Å². The number of amides is 2. The molecule has 8 heteroatoms. The highest BCUT2D eigenvalue weighted by molar-refractivity contribution is 6.68. The third kappa shape index (κ3) is 18.2. The van der Waals surface area contributed by atoms with Crippen LogP contribution in [0, 0.1) is 0 Å². The van der Waals surface area contributed by atoms with Gasteiger partial charge in [0.1, 0.15) is 0 Å². The summed E-state index contributed by atoms with van der Waals surface area (Å²) in [5.41, 5.74) is 3.08. The highest BCUT2D eigenvalue weighted by atomic mass is 28.3. The number of carbonyl (C=O) groups excluding carboxylic acids is 2. The first-order valence-electron chi connectivity index (χ1n) is 9.95. The number of hydrogen-bond acceptors (Lipinski definition) is 2. The first kappa shape index (κ1) is 23.8. The van der Waals surface area contributed by atoms with E-state index < -0.39 is 0 Å². The largest absolute Gasteiger partial charge is 0.356 e. The average molecular weight is 405 g/mol.